The quantitative estimate of drug-likeness (QED) is 0.620. The fourth-order valence-electron chi connectivity index (χ4n) is 1.26. The van der Waals surface area contributed by atoms with Gasteiger partial charge in [0.05, 0.1) is 13.2 Å². The maximum atomic E-state index is 11.3. The highest BCUT2D eigenvalue weighted by atomic mass is 16.5. The lowest BCUT2D eigenvalue weighted by molar-refractivity contribution is 0.0195. The highest BCUT2D eigenvalue weighted by molar-refractivity contribution is 5.74. The van der Waals surface area contributed by atoms with Crippen LogP contribution >= 0.6 is 0 Å². The summed E-state index contributed by atoms with van der Waals surface area (Å²) >= 11 is 0. The van der Waals surface area contributed by atoms with Gasteiger partial charge in [-0.05, 0) is 12.8 Å². The van der Waals surface area contributed by atoms with Gasteiger partial charge in [-0.3, -0.25) is 5.43 Å². The number of ether oxygens (including phenoxy) is 1. The zero-order chi connectivity index (χ0) is 9.10. The molecule has 1 aliphatic heterocycles. The van der Waals surface area contributed by atoms with E-state index in [0.717, 1.165) is 25.9 Å². The van der Waals surface area contributed by atoms with Crippen LogP contribution in [0.15, 0.2) is 0 Å². The van der Waals surface area contributed by atoms with Crippen molar-refractivity contribution >= 4 is 6.03 Å². The maximum absolute atomic E-state index is 11.3. The van der Waals surface area contributed by atoms with Crippen LogP contribution < -0.4 is 10.7 Å². The third-order valence-corrected chi connectivity index (χ3v) is 2.18. The molecule has 2 rings (SSSR count). The Morgan fingerprint density at radius 2 is 2.00 bits per heavy atom. The van der Waals surface area contributed by atoms with E-state index in [-0.39, 0.29) is 6.03 Å². The third-order valence-electron chi connectivity index (χ3n) is 2.18. The van der Waals surface area contributed by atoms with Crippen LogP contribution in [0, 0.1) is 0 Å². The average molecular weight is 185 g/mol. The summed E-state index contributed by atoms with van der Waals surface area (Å²) in [5.41, 5.74) is 2.79. The average Bonchev–Trinajstić information content (AvgIpc) is 2.90. The number of rotatable bonds is 2. The molecular weight excluding hydrogens is 170 g/mol. The number of carbonyl (C=O) groups excluding carboxylic acids is 1. The number of hydrazine groups is 1. The van der Waals surface area contributed by atoms with Gasteiger partial charge in [-0.1, -0.05) is 0 Å². The third kappa shape index (κ3) is 2.86. The fraction of sp³-hybridized carbons (Fsp3) is 0.875. The van der Waals surface area contributed by atoms with Crippen molar-refractivity contribution < 1.29 is 9.53 Å². The normalized spacial score (nSPS) is 24.0. The predicted molar refractivity (Wildman–Crippen MR) is 47.1 cm³/mol. The molecule has 74 valence electrons. The standard InChI is InChI=1S/C8H15N3O2/c12-8(9-7-1-2-7)10-11-3-5-13-6-4-11/h7H,1-6H2,(H2,9,10,12). The van der Waals surface area contributed by atoms with Crippen molar-refractivity contribution in [2.45, 2.75) is 18.9 Å². The van der Waals surface area contributed by atoms with Crippen LogP contribution in [0.4, 0.5) is 4.79 Å². The first-order valence-electron chi connectivity index (χ1n) is 4.74. The molecule has 0 aromatic carbocycles. The summed E-state index contributed by atoms with van der Waals surface area (Å²) in [6.07, 6.45) is 2.24. The number of hydrogen-bond acceptors (Lipinski definition) is 3. The van der Waals surface area contributed by atoms with E-state index in [1.807, 2.05) is 5.01 Å². The molecular formula is C8H15N3O2. The lowest BCUT2D eigenvalue weighted by Crippen LogP contribution is -2.52. The molecule has 0 aromatic rings. The molecule has 5 heteroatoms. The lowest BCUT2D eigenvalue weighted by Gasteiger charge is -2.26. The van der Waals surface area contributed by atoms with E-state index in [1.54, 1.807) is 0 Å². The Kier molecular flexibility index (Phi) is 2.65. The van der Waals surface area contributed by atoms with Gasteiger partial charge in [0.25, 0.3) is 0 Å². The van der Waals surface area contributed by atoms with Crippen molar-refractivity contribution in [1.29, 1.82) is 0 Å². The number of urea groups is 1. The molecule has 0 aromatic heterocycles. The monoisotopic (exact) mass is 185 g/mol. The Morgan fingerprint density at radius 3 is 2.62 bits per heavy atom. The van der Waals surface area contributed by atoms with Crippen LogP contribution in [0.5, 0.6) is 0 Å². The molecule has 0 radical (unpaired) electrons. The molecule has 1 aliphatic carbocycles. The Morgan fingerprint density at radius 1 is 1.31 bits per heavy atom. The summed E-state index contributed by atoms with van der Waals surface area (Å²) in [4.78, 5) is 11.3. The van der Waals surface area contributed by atoms with Gasteiger partial charge in [0.1, 0.15) is 0 Å². The largest absolute Gasteiger partial charge is 0.379 e. The van der Waals surface area contributed by atoms with Crippen molar-refractivity contribution in [3.8, 4) is 0 Å². The molecule has 2 amide bonds. The first-order valence-corrected chi connectivity index (χ1v) is 4.74. The second kappa shape index (κ2) is 3.93. The Balaban J connectivity index is 1.66. The molecule has 0 unspecified atom stereocenters. The van der Waals surface area contributed by atoms with Crippen LogP contribution in [-0.4, -0.2) is 43.4 Å². The van der Waals surface area contributed by atoms with Crippen molar-refractivity contribution in [2.75, 3.05) is 26.3 Å². The van der Waals surface area contributed by atoms with E-state index in [4.69, 9.17) is 4.74 Å². The number of morpholine rings is 1. The van der Waals surface area contributed by atoms with Crippen LogP contribution in [0.3, 0.4) is 0 Å². The highest BCUT2D eigenvalue weighted by Gasteiger charge is 2.24. The zero-order valence-corrected chi connectivity index (χ0v) is 7.58. The Labute approximate surface area is 77.4 Å². The number of nitrogens with one attached hydrogen (secondary N) is 2. The SMILES string of the molecule is O=C(NC1CC1)NN1CCOCC1. The fourth-order valence-corrected chi connectivity index (χ4v) is 1.26. The van der Waals surface area contributed by atoms with Gasteiger partial charge in [0, 0.05) is 19.1 Å². The van der Waals surface area contributed by atoms with E-state index in [9.17, 15) is 4.79 Å². The van der Waals surface area contributed by atoms with Gasteiger partial charge in [-0.15, -0.1) is 0 Å². The minimum atomic E-state index is -0.0793. The van der Waals surface area contributed by atoms with Gasteiger partial charge in [-0.25, -0.2) is 9.80 Å². The second-order valence-electron chi connectivity index (χ2n) is 3.46. The molecule has 0 bridgehead atoms. The van der Waals surface area contributed by atoms with Gasteiger partial charge in [-0.2, -0.15) is 0 Å². The first-order chi connectivity index (χ1) is 6.34. The second-order valence-corrected chi connectivity index (χ2v) is 3.46. The summed E-state index contributed by atoms with van der Waals surface area (Å²) in [7, 11) is 0. The molecule has 13 heavy (non-hydrogen) atoms. The zero-order valence-electron chi connectivity index (χ0n) is 7.58. The van der Waals surface area contributed by atoms with Gasteiger partial charge in [0.15, 0.2) is 0 Å². The van der Waals surface area contributed by atoms with E-state index in [0.29, 0.717) is 19.3 Å². The minimum Gasteiger partial charge on any atom is -0.379 e. The van der Waals surface area contributed by atoms with Crippen molar-refractivity contribution in [2.24, 2.45) is 0 Å². The summed E-state index contributed by atoms with van der Waals surface area (Å²) in [6, 6.07) is 0.338. The molecule has 0 atom stereocenters. The molecule has 1 saturated carbocycles. The number of amides is 2. The molecule has 1 saturated heterocycles. The van der Waals surface area contributed by atoms with E-state index < -0.39 is 0 Å². The number of nitrogens with zero attached hydrogens (tertiary/aromatic N) is 1. The number of carbonyl (C=O) groups is 1. The molecule has 2 aliphatic rings. The minimum absolute atomic E-state index is 0.0793. The Hall–Kier alpha value is -0.810. The van der Waals surface area contributed by atoms with Crippen LogP contribution in [0.1, 0.15) is 12.8 Å². The van der Waals surface area contributed by atoms with Crippen molar-refractivity contribution in [3.05, 3.63) is 0 Å². The first kappa shape index (κ1) is 8.77. The molecule has 1 heterocycles. The van der Waals surface area contributed by atoms with Crippen LogP contribution in [0.2, 0.25) is 0 Å². The topological polar surface area (TPSA) is 53.6 Å². The Bertz CT molecular complexity index is 188. The molecule has 2 fully saturated rings. The van der Waals surface area contributed by atoms with E-state index in [2.05, 4.69) is 10.7 Å². The predicted octanol–water partition coefficient (Wildman–Crippen LogP) is -0.305. The summed E-state index contributed by atoms with van der Waals surface area (Å²) in [6.45, 7) is 2.95. The molecule has 5 nitrogen and oxygen atoms in total. The maximum Gasteiger partial charge on any atom is 0.329 e. The van der Waals surface area contributed by atoms with Gasteiger partial charge < -0.3 is 10.1 Å². The van der Waals surface area contributed by atoms with Crippen molar-refractivity contribution in [1.82, 2.24) is 15.8 Å². The van der Waals surface area contributed by atoms with Crippen LogP contribution in [0.25, 0.3) is 0 Å². The summed E-state index contributed by atoms with van der Waals surface area (Å²) in [5, 5.41) is 4.76. The summed E-state index contributed by atoms with van der Waals surface area (Å²) < 4.78 is 5.16. The summed E-state index contributed by atoms with van der Waals surface area (Å²) in [5.74, 6) is 0. The smallest absolute Gasteiger partial charge is 0.329 e. The van der Waals surface area contributed by atoms with Gasteiger partial charge >= 0.3 is 6.03 Å². The van der Waals surface area contributed by atoms with Crippen molar-refractivity contribution in [3.63, 3.8) is 0 Å². The highest BCUT2D eigenvalue weighted by Crippen LogP contribution is 2.18. The van der Waals surface area contributed by atoms with Crippen LogP contribution in [-0.2, 0) is 4.74 Å². The molecule has 2 N–H and O–H groups in total. The lowest BCUT2D eigenvalue weighted by atomic mass is 10.5. The van der Waals surface area contributed by atoms with Gasteiger partial charge in [0.2, 0.25) is 0 Å². The number of hydrogen-bond donors (Lipinski definition) is 2. The molecule has 0 spiro atoms. The van der Waals surface area contributed by atoms with E-state index in [1.165, 1.54) is 0 Å². The van der Waals surface area contributed by atoms with E-state index >= 15 is 0 Å².